The average Bonchev–Trinajstić information content (AvgIpc) is 3.19. The molecular weight excluding hydrogens is 320 g/mol. The van der Waals surface area contributed by atoms with E-state index < -0.39 is 0 Å². The predicted molar refractivity (Wildman–Crippen MR) is 95.4 cm³/mol. The Bertz CT molecular complexity index is 889. The number of piperidine rings is 1. The molecule has 1 saturated heterocycles. The first-order valence-corrected chi connectivity index (χ1v) is 9.14. The van der Waals surface area contributed by atoms with Crippen LogP contribution in [0.4, 0.5) is 0 Å². The molecule has 1 amide bonds. The van der Waals surface area contributed by atoms with Crippen LogP contribution in [-0.2, 0) is 7.05 Å². The summed E-state index contributed by atoms with van der Waals surface area (Å²) in [5, 5.41) is 7.83. The van der Waals surface area contributed by atoms with Gasteiger partial charge < -0.3 is 4.90 Å². The number of thiophene rings is 1. The molecule has 0 unspecified atom stereocenters. The van der Waals surface area contributed by atoms with E-state index >= 15 is 0 Å². The van der Waals surface area contributed by atoms with E-state index in [1.165, 1.54) is 11.3 Å². The molecule has 0 bridgehead atoms. The highest BCUT2D eigenvalue weighted by Crippen LogP contribution is 2.32. The molecule has 1 aliphatic rings. The monoisotopic (exact) mass is 340 g/mol. The van der Waals surface area contributed by atoms with Crippen LogP contribution in [0.2, 0.25) is 0 Å². The van der Waals surface area contributed by atoms with E-state index in [2.05, 4.69) is 11.1 Å². The maximum absolute atomic E-state index is 12.6. The lowest BCUT2D eigenvalue weighted by molar-refractivity contribution is 0.0716. The second-order valence-corrected chi connectivity index (χ2v) is 7.30. The van der Waals surface area contributed by atoms with Gasteiger partial charge in [0, 0.05) is 37.6 Å². The van der Waals surface area contributed by atoms with Crippen LogP contribution in [0.25, 0.3) is 11.0 Å². The van der Waals surface area contributed by atoms with Crippen molar-refractivity contribution < 1.29 is 4.79 Å². The molecule has 1 aliphatic heterocycles. The number of carbonyl (C=O) groups excluding carboxylic acids is 1. The number of pyridine rings is 1. The van der Waals surface area contributed by atoms with Crippen molar-refractivity contribution in [1.82, 2.24) is 19.7 Å². The number of amides is 1. The molecule has 0 saturated carbocycles. The zero-order valence-electron chi connectivity index (χ0n) is 13.9. The zero-order valence-corrected chi connectivity index (χ0v) is 14.7. The number of hydrogen-bond donors (Lipinski definition) is 0. The number of rotatable bonds is 2. The van der Waals surface area contributed by atoms with Crippen molar-refractivity contribution in [2.24, 2.45) is 7.05 Å². The number of nitrogens with zero attached hydrogens (tertiary/aromatic N) is 4. The molecule has 1 fully saturated rings. The SMILES string of the molecule is Cc1ccsc1C(=O)N1CCC(c2nn(C)c3ncccc23)CC1. The summed E-state index contributed by atoms with van der Waals surface area (Å²) < 4.78 is 1.86. The van der Waals surface area contributed by atoms with Crippen LogP contribution in [0, 0.1) is 6.92 Å². The zero-order chi connectivity index (χ0) is 16.7. The molecule has 0 N–H and O–H groups in total. The number of fused-ring (bicyclic) bond motifs is 1. The molecule has 0 aliphatic carbocycles. The van der Waals surface area contributed by atoms with Gasteiger partial charge in [-0.3, -0.25) is 9.48 Å². The van der Waals surface area contributed by atoms with Crippen LogP contribution in [0.1, 0.15) is 39.7 Å². The summed E-state index contributed by atoms with van der Waals surface area (Å²) in [5.74, 6) is 0.569. The first-order chi connectivity index (χ1) is 11.6. The molecule has 6 heteroatoms. The van der Waals surface area contributed by atoms with Crippen molar-refractivity contribution in [2.75, 3.05) is 13.1 Å². The molecule has 124 valence electrons. The molecule has 3 aromatic rings. The summed E-state index contributed by atoms with van der Waals surface area (Å²) in [6.45, 7) is 3.59. The average molecular weight is 340 g/mol. The van der Waals surface area contributed by atoms with Gasteiger partial charge >= 0.3 is 0 Å². The van der Waals surface area contributed by atoms with E-state index in [1.54, 1.807) is 6.20 Å². The molecule has 0 aromatic carbocycles. The van der Waals surface area contributed by atoms with E-state index in [0.717, 1.165) is 53.1 Å². The third-order valence-electron chi connectivity index (χ3n) is 4.85. The number of carbonyl (C=O) groups is 1. The van der Waals surface area contributed by atoms with Crippen LogP contribution in [-0.4, -0.2) is 38.7 Å². The van der Waals surface area contributed by atoms with Gasteiger partial charge in [0.15, 0.2) is 5.65 Å². The van der Waals surface area contributed by atoms with Crippen LogP contribution in [0.3, 0.4) is 0 Å². The van der Waals surface area contributed by atoms with Gasteiger partial charge in [-0.15, -0.1) is 11.3 Å². The minimum Gasteiger partial charge on any atom is -0.338 e. The third kappa shape index (κ3) is 2.51. The van der Waals surface area contributed by atoms with Crippen molar-refractivity contribution >= 4 is 28.3 Å². The highest BCUT2D eigenvalue weighted by Gasteiger charge is 2.28. The Hall–Kier alpha value is -2.21. The standard InChI is InChI=1S/C18H20N4OS/c1-12-7-11-24-16(12)18(23)22-9-5-13(6-10-22)15-14-4-3-8-19-17(14)21(2)20-15/h3-4,7-8,11,13H,5-6,9-10H2,1-2H3. The fourth-order valence-electron chi connectivity index (χ4n) is 3.51. The lowest BCUT2D eigenvalue weighted by Crippen LogP contribution is -2.37. The molecule has 5 nitrogen and oxygen atoms in total. The smallest absolute Gasteiger partial charge is 0.264 e. The van der Waals surface area contributed by atoms with Gasteiger partial charge in [0.05, 0.1) is 10.6 Å². The van der Waals surface area contributed by atoms with Crippen molar-refractivity contribution in [3.63, 3.8) is 0 Å². The molecule has 3 aromatic heterocycles. The molecule has 24 heavy (non-hydrogen) atoms. The summed E-state index contributed by atoms with van der Waals surface area (Å²) in [5.41, 5.74) is 3.13. The first-order valence-electron chi connectivity index (χ1n) is 8.26. The summed E-state index contributed by atoms with van der Waals surface area (Å²) >= 11 is 1.54. The second kappa shape index (κ2) is 6.02. The van der Waals surface area contributed by atoms with Gasteiger partial charge in [-0.2, -0.15) is 5.10 Å². The maximum atomic E-state index is 12.6. The fraction of sp³-hybridized carbons (Fsp3) is 0.389. The minimum absolute atomic E-state index is 0.175. The van der Waals surface area contributed by atoms with E-state index in [1.807, 2.05) is 41.1 Å². The van der Waals surface area contributed by atoms with Crippen molar-refractivity contribution in [3.8, 4) is 0 Å². The summed E-state index contributed by atoms with van der Waals surface area (Å²) in [7, 11) is 1.94. The predicted octanol–water partition coefficient (Wildman–Crippen LogP) is 3.36. The highest BCUT2D eigenvalue weighted by atomic mass is 32.1. The van der Waals surface area contributed by atoms with Crippen molar-refractivity contribution in [3.05, 3.63) is 45.9 Å². The largest absolute Gasteiger partial charge is 0.338 e. The summed E-state index contributed by atoms with van der Waals surface area (Å²) in [6, 6.07) is 6.07. The molecule has 4 rings (SSSR count). The Balaban J connectivity index is 1.52. The summed E-state index contributed by atoms with van der Waals surface area (Å²) in [6.07, 6.45) is 3.72. The van der Waals surface area contributed by atoms with Gasteiger partial charge in [-0.05, 0) is 48.9 Å². The highest BCUT2D eigenvalue weighted by molar-refractivity contribution is 7.12. The number of hydrogen-bond acceptors (Lipinski definition) is 4. The Morgan fingerprint density at radius 2 is 2.08 bits per heavy atom. The molecule has 0 atom stereocenters. The van der Waals surface area contributed by atoms with E-state index in [-0.39, 0.29) is 5.91 Å². The Kier molecular flexibility index (Phi) is 3.84. The fourth-order valence-corrected chi connectivity index (χ4v) is 4.40. The van der Waals surface area contributed by atoms with E-state index in [9.17, 15) is 4.79 Å². The van der Waals surface area contributed by atoms with Crippen LogP contribution in [0.5, 0.6) is 0 Å². The molecule has 0 radical (unpaired) electrons. The Morgan fingerprint density at radius 1 is 1.29 bits per heavy atom. The lowest BCUT2D eigenvalue weighted by Gasteiger charge is -2.31. The van der Waals surface area contributed by atoms with Crippen LogP contribution >= 0.6 is 11.3 Å². The van der Waals surface area contributed by atoms with E-state index in [4.69, 9.17) is 5.10 Å². The second-order valence-electron chi connectivity index (χ2n) is 6.38. The molecular formula is C18H20N4OS. The van der Waals surface area contributed by atoms with Crippen molar-refractivity contribution in [2.45, 2.75) is 25.7 Å². The first kappa shape index (κ1) is 15.3. The Morgan fingerprint density at radius 3 is 2.79 bits per heavy atom. The maximum Gasteiger partial charge on any atom is 0.264 e. The Labute approximate surface area is 144 Å². The number of aryl methyl sites for hydroxylation is 2. The number of likely N-dealkylation sites (tertiary alicyclic amines) is 1. The van der Waals surface area contributed by atoms with Gasteiger partial charge in [0.25, 0.3) is 5.91 Å². The van der Waals surface area contributed by atoms with Crippen LogP contribution < -0.4 is 0 Å². The van der Waals surface area contributed by atoms with Gasteiger partial charge in [-0.25, -0.2) is 4.98 Å². The van der Waals surface area contributed by atoms with Gasteiger partial charge in [-0.1, -0.05) is 0 Å². The molecule has 0 spiro atoms. The minimum atomic E-state index is 0.175. The lowest BCUT2D eigenvalue weighted by atomic mass is 9.92. The van der Waals surface area contributed by atoms with E-state index in [0.29, 0.717) is 5.92 Å². The summed E-state index contributed by atoms with van der Waals surface area (Å²) in [4.78, 5) is 19.9. The van der Waals surface area contributed by atoms with Crippen molar-refractivity contribution in [1.29, 1.82) is 0 Å². The van der Waals surface area contributed by atoms with Gasteiger partial charge in [0.2, 0.25) is 0 Å². The third-order valence-corrected chi connectivity index (χ3v) is 5.86. The van der Waals surface area contributed by atoms with Crippen LogP contribution in [0.15, 0.2) is 29.8 Å². The normalized spacial score (nSPS) is 16.0. The van der Waals surface area contributed by atoms with Gasteiger partial charge in [0.1, 0.15) is 0 Å². The number of aromatic nitrogens is 3. The quantitative estimate of drug-likeness (QED) is 0.719. The molecule has 4 heterocycles. The topological polar surface area (TPSA) is 51.0 Å².